The lowest BCUT2D eigenvalue weighted by Crippen LogP contribution is -2.20. The summed E-state index contributed by atoms with van der Waals surface area (Å²) in [6.07, 6.45) is 2.69. The number of hydrogen-bond acceptors (Lipinski definition) is 9. The molecule has 0 radical (unpaired) electrons. The Morgan fingerprint density at radius 1 is 1.44 bits per heavy atom. The fourth-order valence-electron chi connectivity index (χ4n) is 2.18. The Kier molecular flexibility index (Phi) is 4.55. The minimum Gasteiger partial charge on any atom is -0.460 e. The van der Waals surface area contributed by atoms with Crippen LogP contribution in [0.5, 0.6) is 0 Å². The Labute approximate surface area is 141 Å². The van der Waals surface area contributed by atoms with Gasteiger partial charge in [0.2, 0.25) is 11.6 Å². The smallest absolute Gasteiger partial charge is 0.293 e. The predicted molar refractivity (Wildman–Crippen MR) is 86.1 cm³/mol. The predicted octanol–water partition coefficient (Wildman–Crippen LogP) is 0.850. The number of hydrazone groups is 1. The molecule has 3 aromatic heterocycles. The van der Waals surface area contributed by atoms with Crippen LogP contribution in [0.15, 0.2) is 26.3 Å². The van der Waals surface area contributed by atoms with E-state index in [4.69, 9.17) is 10.2 Å². The number of nitrogens with two attached hydrogens (primary N) is 1. The largest absolute Gasteiger partial charge is 0.460 e. The maximum absolute atomic E-state index is 12.3. The Morgan fingerprint density at radius 2 is 2.28 bits per heavy atom. The summed E-state index contributed by atoms with van der Waals surface area (Å²) in [5.41, 5.74) is 8.73. The highest BCUT2D eigenvalue weighted by atomic mass is 16.6. The van der Waals surface area contributed by atoms with Crippen molar-refractivity contribution in [2.75, 3.05) is 5.73 Å². The summed E-state index contributed by atoms with van der Waals surface area (Å²) in [5.74, 6) is 1.01. The summed E-state index contributed by atoms with van der Waals surface area (Å²) in [6, 6.07) is 3.54. The van der Waals surface area contributed by atoms with Gasteiger partial charge in [0.15, 0.2) is 5.69 Å². The fraction of sp³-hybridized carbons (Fsp3) is 0.286. The molecule has 0 unspecified atom stereocenters. The number of anilines is 1. The molecular formula is C14H16N8O3. The minimum atomic E-state index is -0.510. The number of nitrogen functional groups attached to an aromatic ring is 1. The van der Waals surface area contributed by atoms with Crippen LogP contribution >= 0.6 is 0 Å². The average Bonchev–Trinajstić information content (AvgIpc) is 3.28. The first-order chi connectivity index (χ1) is 12.1. The van der Waals surface area contributed by atoms with Gasteiger partial charge >= 0.3 is 0 Å². The Hall–Kier alpha value is -3.50. The number of carbonyl (C=O) groups excluding carboxylic acids is 1. The van der Waals surface area contributed by atoms with Crippen LogP contribution in [-0.2, 0) is 6.42 Å². The number of carbonyl (C=O) groups is 1. The second kappa shape index (κ2) is 6.95. The van der Waals surface area contributed by atoms with Crippen LogP contribution in [0.3, 0.4) is 0 Å². The molecule has 0 aliphatic carbocycles. The third-order valence-corrected chi connectivity index (χ3v) is 3.28. The standard InChI is InChI=1S/C14H16N8O3/c1-3-4-10-11(17-21-22(10)13-12(15)19-25-20-13)14(23)18-16-7-9-6-5-8(2)24-9/h5-7H,3-4H2,1-2H3,(H2,15,19)(H,18,23)/b16-7+. The van der Waals surface area contributed by atoms with Gasteiger partial charge in [-0.2, -0.15) is 9.78 Å². The van der Waals surface area contributed by atoms with Crippen LogP contribution in [0.4, 0.5) is 5.82 Å². The van der Waals surface area contributed by atoms with Gasteiger partial charge in [0.05, 0.1) is 11.9 Å². The van der Waals surface area contributed by atoms with E-state index in [1.165, 1.54) is 10.9 Å². The molecule has 0 aromatic carbocycles. The molecule has 11 nitrogen and oxygen atoms in total. The van der Waals surface area contributed by atoms with E-state index in [-0.39, 0.29) is 17.3 Å². The van der Waals surface area contributed by atoms with Crippen molar-refractivity contribution in [3.05, 3.63) is 35.0 Å². The van der Waals surface area contributed by atoms with E-state index in [1.54, 1.807) is 12.1 Å². The van der Waals surface area contributed by atoms with Crippen LogP contribution in [-0.4, -0.2) is 37.4 Å². The molecule has 1 amide bonds. The zero-order valence-corrected chi connectivity index (χ0v) is 13.6. The molecule has 0 saturated heterocycles. The molecule has 0 saturated carbocycles. The van der Waals surface area contributed by atoms with E-state index in [1.807, 2.05) is 13.8 Å². The number of nitrogens with zero attached hydrogens (tertiary/aromatic N) is 6. The van der Waals surface area contributed by atoms with Gasteiger partial charge in [-0.05, 0) is 35.8 Å². The monoisotopic (exact) mass is 344 g/mol. The van der Waals surface area contributed by atoms with Crippen LogP contribution < -0.4 is 11.2 Å². The molecule has 130 valence electrons. The molecule has 0 bridgehead atoms. The number of aromatic nitrogens is 5. The zero-order valence-electron chi connectivity index (χ0n) is 13.6. The molecule has 0 aliphatic rings. The molecule has 0 fully saturated rings. The third-order valence-electron chi connectivity index (χ3n) is 3.28. The molecular weight excluding hydrogens is 328 g/mol. The highest BCUT2D eigenvalue weighted by molar-refractivity contribution is 5.94. The maximum Gasteiger partial charge on any atom is 0.293 e. The SMILES string of the molecule is CCCc1c(C(=O)N/N=C/c2ccc(C)o2)nnn1-c1nonc1N. The fourth-order valence-corrected chi connectivity index (χ4v) is 2.18. The number of aryl methyl sites for hydroxylation is 1. The topological polar surface area (TPSA) is 150 Å². The number of nitrogens with one attached hydrogen (secondary N) is 1. The lowest BCUT2D eigenvalue weighted by atomic mass is 10.2. The van der Waals surface area contributed by atoms with E-state index in [0.717, 1.165) is 12.2 Å². The second-order valence-corrected chi connectivity index (χ2v) is 5.17. The highest BCUT2D eigenvalue weighted by Gasteiger charge is 2.23. The van der Waals surface area contributed by atoms with Gasteiger partial charge in [-0.25, -0.2) is 10.1 Å². The summed E-state index contributed by atoms with van der Waals surface area (Å²) >= 11 is 0. The van der Waals surface area contributed by atoms with Gasteiger partial charge in [0.25, 0.3) is 5.91 Å². The number of rotatable bonds is 6. The van der Waals surface area contributed by atoms with E-state index in [0.29, 0.717) is 17.9 Å². The van der Waals surface area contributed by atoms with E-state index < -0.39 is 5.91 Å². The molecule has 0 atom stereocenters. The van der Waals surface area contributed by atoms with Crippen molar-refractivity contribution in [3.63, 3.8) is 0 Å². The lowest BCUT2D eigenvalue weighted by molar-refractivity contribution is 0.0949. The van der Waals surface area contributed by atoms with Crippen molar-refractivity contribution in [1.82, 2.24) is 30.7 Å². The van der Waals surface area contributed by atoms with Gasteiger partial charge in [0.1, 0.15) is 11.5 Å². The van der Waals surface area contributed by atoms with Crippen molar-refractivity contribution < 1.29 is 13.8 Å². The third kappa shape index (κ3) is 3.39. The van der Waals surface area contributed by atoms with Crippen LogP contribution in [0.2, 0.25) is 0 Å². The quantitative estimate of drug-likeness (QED) is 0.493. The summed E-state index contributed by atoms with van der Waals surface area (Å²) in [6.45, 7) is 3.77. The summed E-state index contributed by atoms with van der Waals surface area (Å²) in [4.78, 5) is 12.3. The van der Waals surface area contributed by atoms with Crippen molar-refractivity contribution >= 4 is 17.9 Å². The van der Waals surface area contributed by atoms with Gasteiger partial charge < -0.3 is 10.2 Å². The van der Waals surface area contributed by atoms with Gasteiger partial charge in [-0.3, -0.25) is 4.79 Å². The molecule has 0 spiro atoms. The average molecular weight is 344 g/mol. The van der Waals surface area contributed by atoms with Crippen molar-refractivity contribution in [3.8, 4) is 5.82 Å². The Bertz CT molecular complexity index is 907. The molecule has 3 rings (SSSR count). The van der Waals surface area contributed by atoms with Gasteiger partial charge in [-0.15, -0.1) is 5.10 Å². The van der Waals surface area contributed by atoms with Crippen LogP contribution in [0.25, 0.3) is 5.82 Å². The maximum atomic E-state index is 12.3. The molecule has 3 heterocycles. The van der Waals surface area contributed by atoms with Crippen LogP contribution in [0, 0.1) is 6.92 Å². The number of hydrogen-bond donors (Lipinski definition) is 2. The first kappa shape index (κ1) is 16.4. The van der Waals surface area contributed by atoms with E-state index in [2.05, 4.69) is 35.8 Å². The van der Waals surface area contributed by atoms with Gasteiger partial charge in [0, 0.05) is 0 Å². The van der Waals surface area contributed by atoms with E-state index >= 15 is 0 Å². The molecule has 11 heteroatoms. The molecule has 0 aliphatic heterocycles. The van der Waals surface area contributed by atoms with E-state index in [9.17, 15) is 4.79 Å². The molecule has 25 heavy (non-hydrogen) atoms. The highest BCUT2D eigenvalue weighted by Crippen LogP contribution is 2.17. The van der Waals surface area contributed by atoms with Gasteiger partial charge in [-0.1, -0.05) is 18.6 Å². The number of furan rings is 1. The Morgan fingerprint density at radius 3 is 2.92 bits per heavy atom. The zero-order chi connectivity index (χ0) is 17.8. The lowest BCUT2D eigenvalue weighted by Gasteiger charge is -2.03. The summed E-state index contributed by atoms with van der Waals surface area (Å²) in [7, 11) is 0. The summed E-state index contributed by atoms with van der Waals surface area (Å²) in [5, 5.41) is 18.9. The minimum absolute atomic E-state index is 0.0559. The number of amides is 1. The molecule has 3 N–H and O–H groups in total. The summed E-state index contributed by atoms with van der Waals surface area (Å²) < 4.78 is 11.2. The molecule has 3 aromatic rings. The van der Waals surface area contributed by atoms with Crippen molar-refractivity contribution in [1.29, 1.82) is 0 Å². The van der Waals surface area contributed by atoms with Crippen LogP contribution in [0.1, 0.15) is 41.0 Å². The second-order valence-electron chi connectivity index (χ2n) is 5.17. The first-order valence-electron chi connectivity index (χ1n) is 7.53. The normalized spacial score (nSPS) is 11.3. The van der Waals surface area contributed by atoms with Crippen molar-refractivity contribution in [2.45, 2.75) is 26.7 Å². The Balaban J connectivity index is 1.81. The van der Waals surface area contributed by atoms with Crippen molar-refractivity contribution in [2.24, 2.45) is 5.10 Å². The first-order valence-corrected chi connectivity index (χ1v) is 7.53.